The van der Waals surface area contributed by atoms with Crippen molar-refractivity contribution < 1.29 is 27.5 Å². The Kier molecular flexibility index (Phi) is 6.71. The number of benzene rings is 2. The van der Waals surface area contributed by atoms with E-state index in [4.69, 9.17) is 9.47 Å². The molecule has 3 rings (SSSR count). The standard InChI is InChI=1S/C20H20BrNO6S/c1-27-19-9-6-15(12-17(19)21)18(23)13-28-20(24)14-4-7-16(8-5-14)29(25,26)22-10-2-3-11-22/h4-9,12H,2-3,10-11,13H2,1H3. The lowest BCUT2D eigenvalue weighted by atomic mass is 10.1. The molecule has 0 atom stereocenters. The largest absolute Gasteiger partial charge is 0.496 e. The van der Waals surface area contributed by atoms with Gasteiger partial charge in [-0.15, -0.1) is 0 Å². The third-order valence-corrected chi connectivity index (χ3v) is 7.13. The van der Waals surface area contributed by atoms with Gasteiger partial charge in [0, 0.05) is 18.7 Å². The first-order valence-electron chi connectivity index (χ1n) is 8.97. The normalized spacial score (nSPS) is 14.6. The first-order chi connectivity index (χ1) is 13.8. The predicted molar refractivity (Wildman–Crippen MR) is 110 cm³/mol. The Morgan fingerprint density at radius 3 is 2.24 bits per heavy atom. The summed E-state index contributed by atoms with van der Waals surface area (Å²) in [4.78, 5) is 24.6. The van der Waals surface area contributed by atoms with Gasteiger partial charge in [-0.25, -0.2) is 13.2 Å². The summed E-state index contributed by atoms with van der Waals surface area (Å²) >= 11 is 3.30. The van der Waals surface area contributed by atoms with E-state index >= 15 is 0 Å². The van der Waals surface area contributed by atoms with E-state index in [9.17, 15) is 18.0 Å². The SMILES string of the molecule is COc1ccc(C(=O)COC(=O)c2ccc(S(=O)(=O)N3CCCC3)cc2)cc1Br. The number of Topliss-reactive ketones (excluding diaryl/α,β-unsaturated/α-hetero) is 1. The van der Waals surface area contributed by atoms with Crippen LogP contribution in [0.15, 0.2) is 51.8 Å². The van der Waals surface area contributed by atoms with E-state index in [1.165, 1.54) is 35.7 Å². The highest BCUT2D eigenvalue weighted by Crippen LogP contribution is 2.26. The van der Waals surface area contributed by atoms with Crippen LogP contribution in [0.25, 0.3) is 0 Å². The van der Waals surface area contributed by atoms with Crippen molar-refractivity contribution in [2.45, 2.75) is 17.7 Å². The van der Waals surface area contributed by atoms with Gasteiger partial charge >= 0.3 is 5.97 Å². The summed E-state index contributed by atoms with van der Waals surface area (Å²) in [6, 6.07) is 10.3. The van der Waals surface area contributed by atoms with Crippen LogP contribution in [0.5, 0.6) is 5.75 Å². The molecule has 0 bridgehead atoms. The van der Waals surface area contributed by atoms with Crippen molar-refractivity contribution in [3.8, 4) is 5.75 Å². The van der Waals surface area contributed by atoms with Gasteiger partial charge in [0.2, 0.25) is 10.0 Å². The van der Waals surface area contributed by atoms with Gasteiger partial charge in [0.05, 0.1) is 22.0 Å². The molecule has 0 spiro atoms. The van der Waals surface area contributed by atoms with E-state index in [0.29, 0.717) is 28.9 Å². The quantitative estimate of drug-likeness (QED) is 0.445. The van der Waals surface area contributed by atoms with Crippen molar-refractivity contribution in [2.24, 2.45) is 0 Å². The molecule has 29 heavy (non-hydrogen) atoms. The number of rotatable bonds is 7. The van der Waals surface area contributed by atoms with Crippen LogP contribution in [0.4, 0.5) is 0 Å². The highest BCUT2D eigenvalue weighted by molar-refractivity contribution is 9.10. The maximum absolute atomic E-state index is 12.5. The fourth-order valence-electron chi connectivity index (χ4n) is 2.98. The van der Waals surface area contributed by atoms with Crippen molar-refractivity contribution in [1.29, 1.82) is 0 Å². The number of ether oxygens (including phenoxy) is 2. The molecule has 0 amide bonds. The van der Waals surface area contributed by atoms with Gasteiger partial charge in [-0.2, -0.15) is 4.31 Å². The lowest BCUT2D eigenvalue weighted by Gasteiger charge is -2.15. The topological polar surface area (TPSA) is 90.0 Å². The van der Waals surface area contributed by atoms with Crippen LogP contribution in [0.1, 0.15) is 33.6 Å². The minimum atomic E-state index is -3.54. The van der Waals surface area contributed by atoms with Gasteiger partial charge in [0.1, 0.15) is 5.75 Å². The van der Waals surface area contributed by atoms with E-state index in [1.54, 1.807) is 18.2 Å². The number of ketones is 1. The number of nitrogens with zero attached hydrogens (tertiary/aromatic N) is 1. The molecule has 154 valence electrons. The zero-order valence-corrected chi connectivity index (χ0v) is 18.2. The van der Waals surface area contributed by atoms with Gasteiger partial charge in [0.15, 0.2) is 12.4 Å². The van der Waals surface area contributed by atoms with Gasteiger partial charge in [-0.05, 0) is 71.2 Å². The molecule has 7 nitrogen and oxygen atoms in total. The van der Waals surface area contributed by atoms with E-state index in [-0.39, 0.29) is 16.2 Å². The summed E-state index contributed by atoms with van der Waals surface area (Å²) in [7, 11) is -2.02. The maximum Gasteiger partial charge on any atom is 0.338 e. The van der Waals surface area contributed by atoms with E-state index in [1.807, 2.05) is 0 Å². The third kappa shape index (κ3) is 4.85. The monoisotopic (exact) mass is 481 g/mol. The summed E-state index contributed by atoms with van der Waals surface area (Å²) < 4.78 is 37.3. The number of hydrogen-bond acceptors (Lipinski definition) is 6. The molecule has 1 saturated heterocycles. The molecule has 1 aliphatic rings. The zero-order valence-electron chi connectivity index (χ0n) is 15.8. The molecule has 0 N–H and O–H groups in total. The second-order valence-electron chi connectivity index (χ2n) is 6.48. The van der Waals surface area contributed by atoms with Crippen LogP contribution in [-0.2, 0) is 14.8 Å². The highest BCUT2D eigenvalue weighted by atomic mass is 79.9. The Balaban J connectivity index is 1.62. The van der Waals surface area contributed by atoms with Gasteiger partial charge in [-0.3, -0.25) is 4.79 Å². The molecule has 0 aromatic heterocycles. The Morgan fingerprint density at radius 2 is 1.66 bits per heavy atom. The fourth-order valence-corrected chi connectivity index (χ4v) is 5.04. The van der Waals surface area contributed by atoms with E-state index in [2.05, 4.69) is 15.9 Å². The summed E-state index contributed by atoms with van der Waals surface area (Å²) in [5.74, 6) is -0.478. The minimum Gasteiger partial charge on any atom is -0.496 e. The first-order valence-corrected chi connectivity index (χ1v) is 11.2. The summed E-state index contributed by atoms with van der Waals surface area (Å²) in [5.41, 5.74) is 0.548. The second kappa shape index (κ2) is 9.06. The lowest BCUT2D eigenvalue weighted by Crippen LogP contribution is -2.27. The lowest BCUT2D eigenvalue weighted by molar-refractivity contribution is 0.0474. The molecular formula is C20H20BrNO6S. The third-order valence-electron chi connectivity index (χ3n) is 4.60. The van der Waals surface area contributed by atoms with Crippen molar-refractivity contribution in [1.82, 2.24) is 4.31 Å². The van der Waals surface area contributed by atoms with Crippen molar-refractivity contribution >= 4 is 37.7 Å². The van der Waals surface area contributed by atoms with Crippen molar-refractivity contribution in [3.05, 3.63) is 58.1 Å². The number of carbonyl (C=O) groups excluding carboxylic acids is 2. The van der Waals surface area contributed by atoms with Gasteiger partial charge in [-0.1, -0.05) is 0 Å². The summed E-state index contributed by atoms with van der Waals surface area (Å²) in [5, 5.41) is 0. The molecule has 1 aliphatic heterocycles. The molecule has 0 aliphatic carbocycles. The van der Waals surface area contributed by atoms with Crippen molar-refractivity contribution in [2.75, 3.05) is 26.8 Å². The molecule has 1 heterocycles. The van der Waals surface area contributed by atoms with Crippen LogP contribution >= 0.6 is 15.9 Å². The Hall–Kier alpha value is -2.23. The maximum atomic E-state index is 12.5. The molecular weight excluding hydrogens is 462 g/mol. The Labute approximate surface area is 177 Å². The highest BCUT2D eigenvalue weighted by Gasteiger charge is 2.27. The average Bonchev–Trinajstić information content (AvgIpc) is 3.27. The number of carbonyl (C=O) groups is 2. The molecule has 1 fully saturated rings. The van der Waals surface area contributed by atoms with Crippen LogP contribution < -0.4 is 4.74 Å². The van der Waals surface area contributed by atoms with E-state index < -0.39 is 22.6 Å². The Bertz CT molecular complexity index is 1010. The molecule has 2 aromatic carbocycles. The molecule has 9 heteroatoms. The minimum absolute atomic E-state index is 0.134. The molecule has 0 saturated carbocycles. The van der Waals surface area contributed by atoms with Crippen LogP contribution in [0.3, 0.4) is 0 Å². The number of hydrogen-bond donors (Lipinski definition) is 0. The number of esters is 1. The van der Waals surface area contributed by atoms with E-state index in [0.717, 1.165) is 12.8 Å². The smallest absolute Gasteiger partial charge is 0.338 e. The summed E-state index contributed by atoms with van der Waals surface area (Å²) in [6.07, 6.45) is 1.70. The Morgan fingerprint density at radius 1 is 1.03 bits per heavy atom. The van der Waals surface area contributed by atoms with Gasteiger partial charge in [0.25, 0.3) is 0 Å². The molecule has 2 aromatic rings. The number of methoxy groups -OCH3 is 1. The molecule has 0 radical (unpaired) electrons. The van der Waals surface area contributed by atoms with Gasteiger partial charge < -0.3 is 9.47 Å². The average molecular weight is 482 g/mol. The van der Waals surface area contributed by atoms with Crippen LogP contribution in [0.2, 0.25) is 0 Å². The van der Waals surface area contributed by atoms with Crippen LogP contribution in [0, 0.1) is 0 Å². The molecule has 0 unspecified atom stereocenters. The summed E-state index contributed by atoms with van der Waals surface area (Å²) in [6.45, 7) is 0.594. The fraction of sp³-hybridized carbons (Fsp3) is 0.300. The second-order valence-corrected chi connectivity index (χ2v) is 9.28. The number of sulfonamides is 1. The first kappa shape index (κ1) is 21.5. The van der Waals surface area contributed by atoms with Crippen LogP contribution in [-0.4, -0.2) is 51.3 Å². The number of halogens is 1. The van der Waals surface area contributed by atoms with Crippen molar-refractivity contribution in [3.63, 3.8) is 0 Å². The zero-order chi connectivity index (χ0) is 21.0. The predicted octanol–water partition coefficient (Wildman–Crippen LogP) is 3.28.